The van der Waals surface area contributed by atoms with Gasteiger partial charge in [-0.1, -0.05) is 6.07 Å². The highest BCUT2D eigenvalue weighted by Crippen LogP contribution is 2.19. The quantitative estimate of drug-likeness (QED) is 0.867. The second-order valence-electron chi connectivity index (χ2n) is 4.37. The lowest BCUT2D eigenvalue weighted by Crippen LogP contribution is -2.26. The van der Waals surface area contributed by atoms with Crippen LogP contribution in [0, 0.1) is 0 Å². The molecule has 0 aliphatic rings. The first kappa shape index (κ1) is 14.7. The largest absolute Gasteiger partial charge is 0.447 e. The Morgan fingerprint density at radius 3 is 2.80 bits per heavy atom. The standard InChI is InChI=1S/C13H17N3O3S/c1-14-9-12-5-6-13(19-12)20(17,18)16(2)10-11-4-3-7-15-8-11/h3-8,14H,9-10H2,1-2H3. The van der Waals surface area contributed by atoms with Gasteiger partial charge in [-0.25, -0.2) is 8.42 Å². The van der Waals surface area contributed by atoms with Crippen LogP contribution in [0.5, 0.6) is 0 Å². The predicted octanol–water partition coefficient (Wildman–Crippen LogP) is 1.21. The molecule has 0 aliphatic heterocycles. The van der Waals surface area contributed by atoms with Gasteiger partial charge in [0.15, 0.2) is 0 Å². The van der Waals surface area contributed by atoms with E-state index in [0.29, 0.717) is 12.3 Å². The lowest BCUT2D eigenvalue weighted by atomic mass is 10.3. The van der Waals surface area contributed by atoms with Crippen molar-refractivity contribution in [2.45, 2.75) is 18.2 Å². The predicted molar refractivity (Wildman–Crippen MR) is 74.4 cm³/mol. The molecule has 0 bridgehead atoms. The molecule has 108 valence electrons. The van der Waals surface area contributed by atoms with Crippen molar-refractivity contribution >= 4 is 10.0 Å². The maximum atomic E-state index is 12.3. The molecule has 0 saturated carbocycles. The summed E-state index contributed by atoms with van der Waals surface area (Å²) in [6.45, 7) is 0.736. The Morgan fingerprint density at radius 2 is 2.15 bits per heavy atom. The van der Waals surface area contributed by atoms with E-state index in [1.54, 1.807) is 31.6 Å². The lowest BCUT2D eigenvalue weighted by Gasteiger charge is -2.15. The van der Waals surface area contributed by atoms with Gasteiger partial charge in [-0.15, -0.1) is 0 Å². The number of pyridine rings is 1. The van der Waals surface area contributed by atoms with E-state index in [1.165, 1.54) is 17.4 Å². The zero-order chi connectivity index (χ0) is 14.6. The Labute approximate surface area is 118 Å². The Morgan fingerprint density at radius 1 is 1.35 bits per heavy atom. The minimum Gasteiger partial charge on any atom is -0.447 e. The first-order valence-corrected chi connectivity index (χ1v) is 7.56. The summed E-state index contributed by atoms with van der Waals surface area (Å²) in [4.78, 5) is 3.97. The van der Waals surface area contributed by atoms with Gasteiger partial charge in [-0.2, -0.15) is 4.31 Å². The zero-order valence-corrected chi connectivity index (χ0v) is 12.2. The summed E-state index contributed by atoms with van der Waals surface area (Å²) in [6.07, 6.45) is 3.29. The van der Waals surface area contributed by atoms with Crippen LogP contribution in [0.25, 0.3) is 0 Å². The van der Waals surface area contributed by atoms with E-state index in [4.69, 9.17) is 4.42 Å². The number of furan rings is 1. The Kier molecular flexibility index (Phi) is 4.53. The number of hydrogen-bond acceptors (Lipinski definition) is 5. The highest BCUT2D eigenvalue weighted by Gasteiger charge is 2.24. The molecule has 6 nitrogen and oxygen atoms in total. The molecule has 0 radical (unpaired) electrons. The van der Waals surface area contributed by atoms with Crippen LogP contribution >= 0.6 is 0 Å². The van der Waals surface area contributed by atoms with E-state index in [1.807, 2.05) is 6.07 Å². The average Bonchev–Trinajstić information content (AvgIpc) is 2.89. The fraction of sp³-hybridized carbons (Fsp3) is 0.308. The molecule has 0 unspecified atom stereocenters. The third-order valence-electron chi connectivity index (χ3n) is 2.78. The van der Waals surface area contributed by atoms with Gasteiger partial charge in [-0.3, -0.25) is 4.98 Å². The van der Waals surface area contributed by atoms with Crippen molar-refractivity contribution in [1.29, 1.82) is 0 Å². The topological polar surface area (TPSA) is 75.4 Å². The molecule has 0 amide bonds. The molecule has 2 heterocycles. The average molecular weight is 295 g/mol. The molecule has 0 aromatic carbocycles. The van der Waals surface area contributed by atoms with Crippen molar-refractivity contribution in [3.8, 4) is 0 Å². The first-order chi connectivity index (χ1) is 9.54. The number of rotatable bonds is 6. The van der Waals surface area contributed by atoms with E-state index in [9.17, 15) is 8.42 Å². The molecule has 0 spiro atoms. The van der Waals surface area contributed by atoms with Crippen LogP contribution < -0.4 is 5.32 Å². The molecule has 2 rings (SSSR count). The fourth-order valence-electron chi connectivity index (χ4n) is 1.75. The summed E-state index contributed by atoms with van der Waals surface area (Å²) in [5.41, 5.74) is 0.820. The minimum atomic E-state index is -3.62. The SMILES string of the molecule is CNCc1ccc(S(=O)(=O)N(C)Cc2cccnc2)o1. The number of sulfonamides is 1. The molecule has 0 saturated heterocycles. The smallest absolute Gasteiger partial charge is 0.276 e. The molecule has 20 heavy (non-hydrogen) atoms. The van der Waals surface area contributed by atoms with Gasteiger partial charge in [0.2, 0.25) is 5.09 Å². The van der Waals surface area contributed by atoms with Crippen LogP contribution in [0.3, 0.4) is 0 Å². The third kappa shape index (κ3) is 3.24. The van der Waals surface area contributed by atoms with Gasteiger partial charge < -0.3 is 9.73 Å². The van der Waals surface area contributed by atoms with Crippen molar-refractivity contribution in [2.24, 2.45) is 0 Å². The Bertz CT molecular complexity index is 653. The highest BCUT2D eigenvalue weighted by molar-refractivity contribution is 7.88. The van der Waals surface area contributed by atoms with Crippen LogP contribution in [0.15, 0.2) is 46.2 Å². The normalized spacial score (nSPS) is 11.9. The van der Waals surface area contributed by atoms with Crippen molar-refractivity contribution in [2.75, 3.05) is 14.1 Å². The van der Waals surface area contributed by atoms with Gasteiger partial charge in [0.05, 0.1) is 6.54 Å². The summed E-state index contributed by atoms with van der Waals surface area (Å²) < 4.78 is 31.3. The van der Waals surface area contributed by atoms with Crippen LogP contribution in [-0.2, 0) is 23.1 Å². The van der Waals surface area contributed by atoms with Gasteiger partial charge in [-0.05, 0) is 30.8 Å². The first-order valence-electron chi connectivity index (χ1n) is 6.12. The summed E-state index contributed by atoms with van der Waals surface area (Å²) in [5.74, 6) is 0.584. The van der Waals surface area contributed by atoms with Crippen molar-refractivity contribution < 1.29 is 12.8 Å². The van der Waals surface area contributed by atoms with Crippen molar-refractivity contribution in [3.05, 3.63) is 48.0 Å². The molecule has 0 fully saturated rings. The molecule has 0 atom stereocenters. The lowest BCUT2D eigenvalue weighted by molar-refractivity contribution is 0.382. The molecular weight excluding hydrogens is 278 g/mol. The van der Waals surface area contributed by atoms with Crippen molar-refractivity contribution in [1.82, 2.24) is 14.6 Å². The summed E-state index contributed by atoms with van der Waals surface area (Å²) in [5, 5.41) is 2.86. The van der Waals surface area contributed by atoms with Crippen LogP contribution in [0.1, 0.15) is 11.3 Å². The monoisotopic (exact) mass is 295 g/mol. The van der Waals surface area contributed by atoms with Gasteiger partial charge in [0, 0.05) is 26.0 Å². The third-order valence-corrected chi connectivity index (χ3v) is 4.46. The van der Waals surface area contributed by atoms with E-state index in [-0.39, 0.29) is 11.6 Å². The maximum Gasteiger partial charge on any atom is 0.276 e. The van der Waals surface area contributed by atoms with E-state index in [0.717, 1.165) is 5.56 Å². The molecule has 0 aliphatic carbocycles. The van der Waals surface area contributed by atoms with Gasteiger partial charge in [0.25, 0.3) is 10.0 Å². The summed E-state index contributed by atoms with van der Waals surface area (Å²) >= 11 is 0. The zero-order valence-electron chi connectivity index (χ0n) is 11.4. The van der Waals surface area contributed by atoms with Gasteiger partial charge >= 0.3 is 0 Å². The van der Waals surface area contributed by atoms with Crippen LogP contribution in [-0.4, -0.2) is 31.8 Å². The number of nitrogens with zero attached hydrogens (tertiary/aromatic N) is 2. The highest BCUT2D eigenvalue weighted by atomic mass is 32.2. The Balaban J connectivity index is 2.16. The second kappa shape index (κ2) is 6.17. The Hall–Kier alpha value is -1.70. The molecule has 7 heteroatoms. The van der Waals surface area contributed by atoms with Crippen LogP contribution in [0.4, 0.5) is 0 Å². The molecular formula is C13H17N3O3S. The number of hydrogen-bond donors (Lipinski definition) is 1. The number of aromatic nitrogens is 1. The van der Waals surface area contributed by atoms with Crippen LogP contribution in [0.2, 0.25) is 0 Å². The molecule has 2 aromatic heterocycles. The van der Waals surface area contributed by atoms with Gasteiger partial charge in [0.1, 0.15) is 5.76 Å². The fourth-order valence-corrected chi connectivity index (χ4v) is 2.83. The maximum absolute atomic E-state index is 12.3. The van der Waals surface area contributed by atoms with E-state index in [2.05, 4.69) is 10.3 Å². The van der Waals surface area contributed by atoms with Crippen molar-refractivity contribution in [3.63, 3.8) is 0 Å². The molecule has 2 aromatic rings. The summed E-state index contributed by atoms with van der Waals surface area (Å²) in [6, 6.07) is 6.73. The number of nitrogens with one attached hydrogen (secondary N) is 1. The van der Waals surface area contributed by atoms with E-state index >= 15 is 0 Å². The second-order valence-corrected chi connectivity index (χ2v) is 6.35. The van der Waals surface area contributed by atoms with E-state index < -0.39 is 10.0 Å². The molecule has 1 N–H and O–H groups in total. The minimum absolute atomic E-state index is 0.0471. The summed E-state index contributed by atoms with van der Waals surface area (Å²) in [7, 11) is -0.338.